The summed E-state index contributed by atoms with van der Waals surface area (Å²) in [7, 11) is 0. The molecule has 0 radical (unpaired) electrons. The van der Waals surface area contributed by atoms with E-state index in [2.05, 4.69) is 45.1 Å². The van der Waals surface area contributed by atoms with Gasteiger partial charge in [0.05, 0.1) is 5.69 Å². The summed E-state index contributed by atoms with van der Waals surface area (Å²) < 4.78 is 1.89. The van der Waals surface area contributed by atoms with Crippen LogP contribution in [0.3, 0.4) is 0 Å². The number of piperidine rings is 1. The summed E-state index contributed by atoms with van der Waals surface area (Å²) in [5.41, 5.74) is 0.929. The van der Waals surface area contributed by atoms with Crippen molar-refractivity contribution in [3.8, 4) is 0 Å². The number of likely N-dealkylation sites (tertiary alicyclic amines) is 1. The molecule has 3 rings (SSSR count). The molecule has 2 amide bonds. The molecule has 0 atom stereocenters. The van der Waals surface area contributed by atoms with Gasteiger partial charge >= 0.3 is 6.03 Å². The van der Waals surface area contributed by atoms with Gasteiger partial charge in [0.25, 0.3) is 0 Å². The zero-order chi connectivity index (χ0) is 18.4. The minimum atomic E-state index is -0.126. The van der Waals surface area contributed by atoms with E-state index < -0.39 is 0 Å². The molecule has 0 spiro atoms. The Hall–Kier alpha value is -1.86. The van der Waals surface area contributed by atoms with Gasteiger partial charge in [0.15, 0.2) is 0 Å². The van der Waals surface area contributed by atoms with Gasteiger partial charge in [-0.1, -0.05) is 19.4 Å². The average molecular weight is 376 g/mol. The summed E-state index contributed by atoms with van der Waals surface area (Å²) in [4.78, 5) is 16.2. The monoisotopic (exact) mass is 375 g/mol. The highest BCUT2D eigenvalue weighted by molar-refractivity contribution is 7.09. The van der Waals surface area contributed by atoms with Crippen LogP contribution in [0.2, 0.25) is 0 Å². The first-order valence-corrected chi connectivity index (χ1v) is 10.4. The van der Waals surface area contributed by atoms with E-state index in [1.807, 2.05) is 29.0 Å². The molecule has 26 heavy (non-hydrogen) atoms. The predicted molar refractivity (Wildman–Crippen MR) is 107 cm³/mol. The van der Waals surface area contributed by atoms with Gasteiger partial charge in [0, 0.05) is 43.2 Å². The van der Waals surface area contributed by atoms with E-state index in [0.717, 1.165) is 63.4 Å². The number of anilines is 1. The number of carbonyl (C=O) groups excluding carboxylic acids is 1. The lowest BCUT2D eigenvalue weighted by Crippen LogP contribution is -2.45. The van der Waals surface area contributed by atoms with Crippen LogP contribution in [0.4, 0.5) is 10.6 Å². The SMILES string of the molecule is CCCCn1nc(C)cc1NC(=O)NC1CCN(Cc2cccs2)CC1. The van der Waals surface area contributed by atoms with Gasteiger partial charge in [-0.15, -0.1) is 11.3 Å². The van der Waals surface area contributed by atoms with Crippen LogP contribution < -0.4 is 10.6 Å². The molecule has 1 aliphatic heterocycles. The van der Waals surface area contributed by atoms with Gasteiger partial charge in [-0.25, -0.2) is 9.48 Å². The van der Waals surface area contributed by atoms with Crippen molar-refractivity contribution in [2.45, 2.75) is 58.7 Å². The van der Waals surface area contributed by atoms with E-state index in [4.69, 9.17) is 0 Å². The van der Waals surface area contributed by atoms with E-state index in [0.29, 0.717) is 0 Å². The fraction of sp³-hybridized carbons (Fsp3) is 0.579. The lowest BCUT2D eigenvalue weighted by molar-refractivity contribution is 0.191. The lowest BCUT2D eigenvalue weighted by Gasteiger charge is -2.32. The van der Waals surface area contributed by atoms with Gasteiger partial charge in [0.2, 0.25) is 0 Å². The van der Waals surface area contributed by atoms with Crippen molar-refractivity contribution < 1.29 is 4.79 Å². The molecule has 1 fully saturated rings. The first kappa shape index (κ1) is 18.9. The third-order valence-electron chi connectivity index (χ3n) is 4.75. The van der Waals surface area contributed by atoms with Crippen LogP contribution >= 0.6 is 11.3 Å². The van der Waals surface area contributed by atoms with E-state index >= 15 is 0 Å². The zero-order valence-electron chi connectivity index (χ0n) is 15.7. The Kier molecular flexibility index (Phi) is 6.68. The molecule has 0 saturated carbocycles. The van der Waals surface area contributed by atoms with Gasteiger partial charge in [0.1, 0.15) is 5.82 Å². The Labute approximate surface area is 159 Å². The van der Waals surface area contributed by atoms with Gasteiger partial charge < -0.3 is 5.32 Å². The van der Waals surface area contributed by atoms with Crippen LogP contribution in [0.25, 0.3) is 0 Å². The van der Waals surface area contributed by atoms with Gasteiger partial charge in [-0.05, 0) is 37.6 Å². The number of nitrogens with zero attached hydrogens (tertiary/aromatic N) is 3. The quantitative estimate of drug-likeness (QED) is 0.773. The highest BCUT2D eigenvalue weighted by Crippen LogP contribution is 2.17. The standard InChI is InChI=1S/C19H29N5OS/c1-3-4-9-24-18(13-15(2)22-24)21-19(25)20-16-7-10-23(11-8-16)14-17-6-5-12-26-17/h5-6,12-13,16H,3-4,7-11,14H2,1-2H3,(H2,20,21,25). The molecule has 0 aromatic carbocycles. The van der Waals surface area contributed by atoms with Crippen LogP contribution in [0, 0.1) is 6.92 Å². The zero-order valence-corrected chi connectivity index (χ0v) is 16.5. The highest BCUT2D eigenvalue weighted by Gasteiger charge is 2.21. The number of aromatic nitrogens is 2. The fourth-order valence-corrected chi connectivity index (χ4v) is 4.07. The third kappa shape index (κ3) is 5.32. The summed E-state index contributed by atoms with van der Waals surface area (Å²) >= 11 is 1.81. The lowest BCUT2D eigenvalue weighted by atomic mass is 10.1. The topological polar surface area (TPSA) is 62.2 Å². The summed E-state index contributed by atoms with van der Waals surface area (Å²) in [6, 6.07) is 6.33. The molecular formula is C19H29N5OS. The molecule has 142 valence electrons. The normalized spacial score (nSPS) is 15.9. The predicted octanol–water partition coefficient (Wildman–Crippen LogP) is 3.84. The number of urea groups is 1. The number of aryl methyl sites for hydroxylation is 2. The van der Waals surface area contributed by atoms with E-state index in [1.165, 1.54) is 4.88 Å². The first-order chi connectivity index (χ1) is 12.6. The van der Waals surface area contributed by atoms with Crippen molar-refractivity contribution in [3.63, 3.8) is 0 Å². The molecule has 3 heterocycles. The molecule has 2 aromatic heterocycles. The van der Waals surface area contributed by atoms with Crippen molar-refractivity contribution in [3.05, 3.63) is 34.2 Å². The van der Waals surface area contributed by atoms with E-state index in [1.54, 1.807) is 0 Å². The van der Waals surface area contributed by atoms with Crippen molar-refractivity contribution in [2.75, 3.05) is 18.4 Å². The summed E-state index contributed by atoms with van der Waals surface area (Å²) in [6.07, 6.45) is 4.15. The fourth-order valence-electron chi connectivity index (χ4n) is 3.32. The van der Waals surface area contributed by atoms with Crippen molar-refractivity contribution >= 4 is 23.2 Å². The van der Waals surface area contributed by atoms with Gasteiger partial charge in [-0.3, -0.25) is 10.2 Å². The highest BCUT2D eigenvalue weighted by atomic mass is 32.1. The number of hydrogen-bond acceptors (Lipinski definition) is 4. The van der Waals surface area contributed by atoms with Crippen LogP contribution in [0.15, 0.2) is 23.6 Å². The minimum absolute atomic E-state index is 0.126. The maximum absolute atomic E-state index is 12.4. The molecule has 2 aromatic rings. The molecule has 0 aliphatic carbocycles. The Morgan fingerprint density at radius 1 is 1.38 bits per heavy atom. The summed E-state index contributed by atoms with van der Waals surface area (Å²) in [5.74, 6) is 0.781. The minimum Gasteiger partial charge on any atom is -0.335 e. The molecule has 1 saturated heterocycles. The molecule has 1 aliphatic rings. The van der Waals surface area contributed by atoms with Crippen LogP contribution in [-0.2, 0) is 13.1 Å². The van der Waals surface area contributed by atoms with Crippen LogP contribution in [0.1, 0.15) is 43.2 Å². The Bertz CT molecular complexity index is 689. The number of nitrogens with one attached hydrogen (secondary N) is 2. The van der Waals surface area contributed by atoms with Crippen molar-refractivity contribution in [1.82, 2.24) is 20.0 Å². The smallest absolute Gasteiger partial charge is 0.320 e. The largest absolute Gasteiger partial charge is 0.335 e. The number of thiophene rings is 1. The molecule has 7 heteroatoms. The second-order valence-corrected chi connectivity index (χ2v) is 8.01. The summed E-state index contributed by atoms with van der Waals surface area (Å²) in [6.45, 7) is 8.01. The molecule has 0 bridgehead atoms. The van der Waals surface area contributed by atoms with E-state index in [-0.39, 0.29) is 12.1 Å². The second kappa shape index (κ2) is 9.19. The number of hydrogen-bond donors (Lipinski definition) is 2. The molecule has 2 N–H and O–H groups in total. The third-order valence-corrected chi connectivity index (χ3v) is 5.61. The Morgan fingerprint density at radius 3 is 2.88 bits per heavy atom. The van der Waals surface area contributed by atoms with E-state index in [9.17, 15) is 4.79 Å². The maximum atomic E-state index is 12.4. The van der Waals surface area contributed by atoms with Crippen LogP contribution in [0.5, 0.6) is 0 Å². The number of amides is 2. The Balaban J connectivity index is 1.44. The number of carbonyl (C=O) groups is 1. The first-order valence-electron chi connectivity index (χ1n) is 9.50. The van der Waals surface area contributed by atoms with Gasteiger partial charge in [-0.2, -0.15) is 5.10 Å². The Morgan fingerprint density at radius 2 is 2.19 bits per heavy atom. The van der Waals surface area contributed by atoms with Crippen molar-refractivity contribution in [1.29, 1.82) is 0 Å². The average Bonchev–Trinajstić information content (AvgIpc) is 3.24. The summed E-state index contributed by atoms with van der Waals surface area (Å²) in [5, 5.41) is 12.7. The maximum Gasteiger partial charge on any atom is 0.320 e. The van der Waals surface area contributed by atoms with Crippen LogP contribution in [-0.4, -0.2) is 39.8 Å². The molecule has 6 nitrogen and oxygen atoms in total. The van der Waals surface area contributed by atoms with Crippen molar-refractivity contribution in [2.24, 2.45) is 0 Å². The number of rotatable bonds is 7. The molecule has 0 unspecified atom stereocenters. The number of unbranched alkanes of at least 4 members (excludes halogenated alkanes) is 1. The molecular weight excluding hydrogens is 346 g/mol. The second-order valence-electron chi connectivity index (χ2n) is 6.98.